The Morgan fingerprint density at radius 3 is 2.92 bits per heavy atom. The second-order valence-corrected chi connectivity index (χ2v) is 5.57. The van der Waals surface area contributed by atoms with Crippen LogP contribution in [0.3, 0.4) is 0 Å². The quantitative estimate of drug-likeness (QED) is 0.590. The van der Waals surface area contributed by atoms with Crippen molar-refractivity contribution in [2.24, 2.45) is 0 Å². The van der Waals surface area contributed by atoms with E-state index >= 15 is 0 Å². The molecule has 25 heavy (non-hydrogen) atoms. The van der Waals surface area contributed by atoms with Crippen LogP contribution in [0.1, 0.15) is 10.5 Å². The van der Waals surface area contributed by atoms with Gasteiger partial charge in [-0.05, 0) is 24.3 Å². The molecule has 3 aromatic heterocycles. The van der Waals surface area contributed by atoms with E-state index in [4.69, 9.17) is 11.6 Å². The third-order valence-electron chi connectivity index (χ3n) is 3.52. The van der Waals surface area contributed by atoms with Crippen LogP contribution in [0.5, 0.6) is 0 Å². The summed E-state index contributed by atoms with van der Waals surface area (Å²) in [5.74, 6) is -0.721. The second kappa shape index (κ2) is 5.99. The van der Waals surface area contributed by atoms with Crippen molar-refractivity contribution >= 4 is 34.2 Å². The van der Waals surface area contributed by atoms with E-state index in [1.807, 2.05) is 0 Å². The van der Waals surface area contributed by atoms with Gasteiger partial charge in [-0.3, -0.25) is 9.36 Å². The van der Waals surface area contributed by atoms with E-state index in [0.717, 1.165) is 0 Å². The first-order chi connectivity index (χ1) is 12.1. The molecule has 9 heteroatoms. The summed E-state index contributed by atoms with van der Waals surface area (Å²) in [6.07, 6.45) is 6.47. The van der Waals surface area contributed by atoms with Crippen LogP contribution in [0.25, 0.3) is 17.0 Å². The molecule has 4 aromatic rings. The molecule has 1 amide bonds. The number of hydrogen-bond acceptors (Lipinski definition) is 4. The Balaban J connectivity index is 1.75. The van der Waals surface area contributed by atoms with Crippen LogP contribution < -0.4 is 5.32 Å². The topological polar surface area (TPSA) is 88.5 Å². The molecule has 0 atom stereocenters. The smallest absolute Gasteiger partial charge is 0.276 e. The van der Waals surface area contributed by atoms with E-state index in [2.05, 4.69) is 25.3 Å². The van der Waals surface area contributed by atoms with E-state index in [0.29, 0.717) is 22.7 Å². The van der Waals surface area contributed by atoms with Gasteiger partial charge < -0.3 is 10.3 Å². The van der Waals surface area contributed by atoms with Crippen LogP contribution in [0.4, 0.5) is 10.1 Å². The zero-order valence-corrected chi connectivity index (χ0v) is 13.3. The predicted molar refractivity (Wildman–Crippen MR) is 90.4 cm³/mol. The average Bonchev–Trinajstić information content (AvgIpc) is 3.28. The molecule has 0 saturated heterocycles. The summed E-state index contributed by atoms with van der Waals surface area (Å²) in [4.78, 5) is 28.3. The lowest BCUT2D eigenvalue weighted by molar-refractivity contribution is 0.102. The molecule has 0 aliphatic rings. The van der Waals surface area contributed by atoms with Crippen molar-refractivity contribution < 1.29 is 9.18 Å². The molecule has 0 fully saturated rings. The van der Waals surface area contributed by atoms with E-state index < -0.39 is 11.7 Å². The molecule has 3 heterocycles. The number of hydrogen-bond donors (Lipinski definition) is 2. The lowest BCUT2D eigenvalue weighted by Gasteiger charge is -2.08. The van der Waals surface area contributed by atoms with Crippen LogP contribution in [-0.4, -0.2) is 30.4 Å². The van der Waals surface area contributed by atoms with Crippen molar-refractivity contribution in [2.45, 2.75) is 0 Å². The van der Waals surface area contributed by atoms with Crippen molar-refractivity contribution in [3.8, 4) is 5.95 Å². The fourth-order valence-electron chi connectivity index (χ4n) is 2.35. The molecular weight excluding hydrogens is 347 g/mol. The minimum atomic E-state index is -0.559. The van der Waals surface area contributed by atoms with Crippen LogP contribution in [0.2, 0.25) is 5.02 Å². The first-order valence-electron chi connectivity index (χ1n) is 7.21. The number of imidazole rings is 1. The molecule has 0 saturated carbocycles. The number of halogens is 2. The summed E-state index contributed by atoms with van der Waals surface area (Å²) < 4.78 is 14.9. The maximum absolute atomic E-state index is 13.3. The Labute approximate surface area is 145 Å². The van der Waals surface area contributed by atoms with Crippen molar-refractivity contribution in [3.63, 3.8) is 0 Å². The van der Waals surface area contributed by atoms with Gasteiger partial charge >= 0.3 is 0 Å². The Bertz CT molecular complexity index is 1080. The summed E-state index contributed by atoms with van der Waals surface area (Å²) in [5, 5.41) is 2.58. The van der Waals surface area contributed by atoms with E-state index in [1.54, 1.807) is 29.2 Å². The van der Waals surface area contributed by atoms with Gasteiger partial charge in [-0.25, -0.2) is 19.3 Å². The van der Waals surface area contributed by atoms with Gasteiger partial charge in [0.2, 0.25) is 5.95 Å². The summed E-state index contributed by atoms with van der Waals surface area (Å²) in [5.41, 5.74) is 1.59. The number of H-pyrrole nitrogens is 1. The minimum absolute atomic E-state index is 0.0791. The Morgan fingerprint density at radius 2 is 2.16 bits per heavy atom. The molecule has 124 valence electrons. The molecule has 0 aliphatic carbocycles. The van der Waals surface area contributed by atoms with Gasteiger partial charge in [0.25, 0.3) is 5.91 Å². The molecule has 0 unspecified atom stereocenters. The molecule has 0 bridgehead atoms. The number of rotatable bonds is 3. The number of fused-ring (bicyclic) bond motifs is 1. The normalized spacial score (nSPS) is 11.0. The number of carbonyl (C=O) groups is 1. The maximum Gasteiger partial charge on any atom is 0.276 e. The number of aromatic nitrogens is 5. The molecule has 2 N–H and O–H groups in total. The lowest BCUT2D eigenvalue weighted by Crippen LogP contribution is -2.16. The monoisotopic (exact) mass is 356 g/mol. The summed E-state index contributed by atoms with van der Waals surface area (Å²) in [7, 11) is 0. The number of anilines is 1. The molecule has 7 nitrogen and oxygen atoms in total. The van der Waals surface area contributed by atoms with Crippen LogP contribution in [-0.2, 0) is 0 Å². The number of aromatic amines is 1. The Hall–Kier alpha value is -3.26. The van der Waals surface area contributed by atoms with E-state index in [1.165, 1.54) is 24.5 Å². The molecule has 0 spiro atoms. The molecule has 0 radical (unpaired) electrons. The number of benzene rings is 1. The van der Waals surface area contributed by atoms with Crippen LogP contribution >= 0.6 is 11.6 Å². The van der Waals surface area contributed by atoms with Gasteiger partial charge in [0.05, 0.1) is 16.1 Å². The number of nitrogens with one attached hydrogen (secondary N) is 2. The minimum Gasteiger partial charge on any atom is -0.358 e. The number of amides is 1. The first kappa shape index (κ1) is 15.3. The summed E-state index contributed by atoms with van der Waals surface area (Å²) in [6.45, 7) is 0. The number of nitrogens with zero attached hydrogens (tertiary/aromatic N) is 4. The fraction of sp³-hybridized carbons (Fsp3) is 0. The third-order valence-corrected chi connectivity index (χ3v) is 3.81. The fourth-order valence-corrected chi connectivity index (χ4v) is 2.53. The SMILES string of the molecule is O=C(Nc1ccc(F)c(Cl)c1)c1nc(-n2ccnc2)nc2cc[nH]c12. The van der Waals surface area contributed by atoms with Gasteiger partial charge in [0.15, 0.2) is 5.69 Å². The van der Waals surface area contributed by atoms with Crippen LogP contribution in [0.15, 0.2) is 49.2 Å². The second-order valence-electron chi connectivity index (χ2n) is 5.16. The highest BCUT2D eigenvalue weighted by Gasteiger charge is 2.17. The molecular formula is C16H10ClFN6O. The largest absolute Gasteiger partial charge is 0.358 e. The van der Waals surface area contributed by atoms with E-state index in [9.17, 15) is 9.18 Å². The standard InChI is InChI=1S/C16H10ClFN6O/c17-10-7-9(1-2-11(10)18)21-15(25)14-13-12(3-4-20-13)22-16(23-14)24-6-5-19-8-24/h1-8,20H,(H,21,25). The molecule has 0 aliphatic heterocycles. The summed E-state index contributed by atoms with van der Waals surface area (Å²) in [6, 6.07) is 5.67. The highest BCUT2D eigenvalue weighted by molar-refractivity contribution is 6.31. The molecule has 4 rings (SSSR count). The van der Waals surface area contributed by atoms with Gasteiger partial charge in [-0.1, -0.05) is 11.6 Å². The van der Waals surface area contributed by atoms with Gasteiger partial charge in [0, 0.05) is 24.3 Å². The number of carbonyl (C=O) groups excluding carboxylic acids is 1. The lowest BCUT2D eigenvalue weighted by atomic mass is 10.2. The van der Waals surface area contributed by atoms with Crippen molar-refractivity contribution in [3.05, 3.63) is 65.7 Å². The van der Waals surface area contributed by atoms with Crippen molar-refractivity contribution in [1.82, 2.24) is 24.5 Å². The zero-order valence-electron chi connectivity index (χ0n) is 12.6. The maximum atomic E-state index is 13.3. The highest BCUT2D eigenvalue weighted by Crippen LogP contribution is 2.21. The Kier molecular flexibility index (Phi) is 3.66. The van der Waals surface area contributed by atoms with Gasteiger partial charge in [-0.2, -0.15) is 0 Å². The highest BCUT2D eigenvalue weighted by atomic mass is 35.5. The van der Waals surface area contributed by atoms with Crippen LogP contribution in [0, 0.1) is 5.82 Å². The average molecular weight is 357 g/mol. The van der Waals surface area contributed by atoms with Crippen molar-refractivity contribution in [1.29, 1.82) is 0 Å². The first-order valence-corrected chi connectivity index (χ1v) is 7.59. The van der Waals surface area contributed by atoms with Gasteiger partial charge in [-0.15, -0.1) is 0 Å². The predicted octanol–water partition coefficient (Wildman–Crippen LogP) is 3.19. The molecule has 1 aromatic carbocycles. The van der Waals surface area contributed by atoms with Crippen molar-refractivity contribution in [2.75, 3.05) is 5.32 Å². The van der Waals surface area contributed by atoms with E-state index in [-0.39, 0.29) is 10.7 Å². The Morgan fingerprint density at radius 1 is 1.28 bits per heavy atom. The third kappa shape index (κ3) is 2.83. The zero-order chi connectivity index (χ0) is 17.4. The summed E-state index contributed by atoms with van der Waals surface area (Å²) >= 11 is 5.75. The van der Waals surface area contributed by atoms with Gasteiger partial charge in [0.1, 0.15) is 12.1 Å².